The number of hydrogen-bond acceptors (Lipinski definition) is 5. The number of alkyl halides is 3. The van der Waals surface area contributed by atoms with Gasteiger partial charge in [0.1, 0.15) is 17.5 Å². The van der Waals surface area contributed by atoms with Crippen molar-refractivity contribution in [3.63, 3.8) is 0 Å². The number of nitrogens with one attached hydrogen (secondary N) is 2. The third kappa shape index (κ3) is 4.46. The molecule has 0 aliphatic heterocycles. The summed E-state index contributed by atoms with van der Waals surface area (Å²) < 4.78 is 39.9. The Morgan fingerprint density at radius 2 is 1.70 bits per heavy atom. The van der Waals surface area contributed by atoms with Crippen molar-refractivity contribution in [2.45, 2.75) is 6.18 Å². The number of nitriles is 1. The second-order valence-corrected chi connectivity index (χ2v) is 5.80. The first kappa shape index (κ1) is 18.5. The van der Waals surface area contributed by atoms with Crippen LogP contribution < -0.4 is 10.6 Å². The van der Waals surface area contributed by atoms with Crippen LogP contribution in [0.3, 0.4) is 0 Å². The summed E-state index contributed by atoms with van der Waals surface area (Å²) in [7, 11) is 0. The van der Waals surface area contributed by atoms with Crippen molar-refractivity contribution in [2.75, 3.05) is 10.6 Å². The Morgan fingerprint density at radius 1 is 1.00 bits per heavy atom. The molecule has 2 aromatic carbocycles. The number of halogens is 4. The van der Waals surface area contributed by atoms with Crippen molar-refractivity contribution in [3.8, 4) is 6.07 Å². The molecule has 1 aromatic heterocycles. The highest BCUT2D eigenvalue weighted by Crippen LogP contribution is 2.35. The van der Waals surface area contributed by atoms with Crippen molar-refractivity contribution in [2.24, 2.45) is 0 Å². The molecule has 0 amide bonds. The molecular formula is C18H11ClF3N5. The fourth-order valence-corrected chi connectivity index (χ4v) is 2.35. The minimum absolute atomic E-state index is 0.0396. The van der Waals surface area contributed by atoms with Gasteiger partial charge >= 0.3 is 6.18 Å². The van der Waals surface area contributed by atoms with Gasteiger partial charge in [-0.3, -0.25) is 0 Å². The third-order valence-electron chi connectivity index (χ3n) is 3.50. The lowest BCUT2D eigenvalue weighted by Crippen LogP contribution is -2.13. The van der Waals surface area contributed by atoms with Crippen molar-refractivity contribution in [1.29, 1.82) is 5.26 Å². The van der Waals surface area contributed by atoms with Crippen molar-refractivity contribution in [3.05, 3.63) is 70.9 Å². The van der Waals surface area contributed by atoms with Crippen LogP contribution in [0.25, 0.3) is 0 Å². The smallest absolute Gasteiger partial charge is 0.338 e. The molecule has 0 atom stereocenters. The molecule has 3 rings (SSSR count). The molecule has 9 heteroatoms. The Labute approximate surface area is 157 Å². The Morgan fingerprint density at radius 3 is 2.37 bits per heavy atom. The summed E-state index contributed by atoms with van der Waals surface area (Å²) >= 11 is 5.81. The van der Waals surface area contributed by atoms with E-state index in [-0.39, 0.29) is 17.2 Å². The lowest BCUT2D eigenvalue weighted by molar-refractivity contribution is -0.137. The molecule has 0 saturated heterocycles. The van der Waals surface area contributed by atoms with E-state index in [1.807, 2.05) is 6.07 Å². The highest BCUT2D eigenvalue weighted by atomic mass is 35.5. The predicted octanol–water partition coefficient (Wildman–Crippen LogP) is 5.51. The van der Waals surface area contributed by atoms with Gasteiger partial charge in [0.15, 0.2) is 0 Å². The van der Waals surface area contributed by atoms with E-state index in [1.165, 1.54) is 12.1 Å². The fourth-order valence-electron chi connectivity index (χ4n) is 2.22. The topological polar surface area (TPSA) is 73.6 Å². The fraction of sp³-hybridized carbons (Fsp3) is 0.0556. The first-order valence-corrected chi connectivity index (χ1v) is 7.97. The maximum absolute atomic E-state index is 13.3. The summed E-state index contributed by atoms with van der Waals surface area (Å²) in [6.07, 6.45) is -3.98. The molecule has 0 aliphatic rings. The van der Waals surface area contributed by atoms with Crippen molar-refractivity contribution < 1.29 is 13.2 Å². The third-order valence-corrected chi connectivity index (χ3v) is 3.75. The predicted molar refractivity (Wildman–Crippen MR) is 96.2 cm³/mol. The second kappa shape index (κ2) is 7.51. The number of hydrogen-bond donors (Lipinski definition) is 2. The highest BCUT2D eigenvalue weighted by molar-refractivity contribution is 6.30. The van der Waals surface area contributed by atoms with Crippen LogP contribution in [-0.4, -0.2) is 9.97 Å². The average molecular weight is 390 g/mol. The van der Waals surface area contributed by atoms with E-state index in [2.05, 4.69) is 20.6 Å². The van der Waals surface area contributed by atoms with Gasteiger partial charge in [-0.1, -0.05) is 23.7 Å². The Balaban J connectivity index is 1.98. The zero-order chi connectivity index (χ0) is 19.4. The van der Waals surface area contributed by atoms with Crippen LogP contribution in [0.4, 0.5) is 36.3 Å². The van der Waals surface area contributed by atoms with Crippen LogP contribution in [-0.2, 0) is 6.18 Å². The normalized spacial score (nSPS) is 10.9. The van der Waals surface area contributed by atoms with Gasteiger partial charge in [0, 0.05) is 16.9 Å². The van der Waals surface area contributed by atoms with E-state index in [1.54, 1.807) is 36.4 Å². The maximum atomic E-state index is 13.3. The molecule has 0 saturated carbocycles. The number of rotatable bonds is 4. The van der Waals surface area contributed by atoms with Gasteiger partial charge < -0.3 is 10.6 Å². The van der Waals surface area contributed by atoms with Crippen LogP contribution in [0.5, 0.6) is 0 Å². The molecule has 0 spiro atoms. The van der Waals surface area contributed by atoms with Gasteiger partial charge in [-0.05, 0) is 36.4 Å². The Bertz CT molecular complexity index is 997. The van der Waals surface area contributed by atoms with Gasteiger partial charge in [0.05, 0.1) is 11.3 Å². The standard InChI is InChI=1S/C18H11ClF3N5/c19-12-5-7-13(8-6-12)25-17-24-10-14(18(20,21)22)16(27-17)26-15-4-2-1-3-11(15)9-23/h1-8,10H,(H2,24,25,26,27). The van der Waals surface area contributed by atoms with Crippen LogP contribution in [0, 0.1) is 11.3 Å². The average Bonchev–Trinajstić information content (AvgIpc) is 2.63. The van der Waals surface area contributed by atoms with Crippen LogP contribution in [0.15, 0.2) is 54.7 Å². The van der Waals surface area contributed by atoms with E-state index < -0.39 is 17.6 Å². The van der Waals surface area contributed by atoms with E-state index in [0.717, 1.165) is 0 Å². The van der Waals surface area contributed by atoms with Crippen LogP contribution >= 0.6 is 11.6 Å². The number of aromatic nitrogens is 2. The van der Waals surface area contributed by atoms with Gasteiger partial charge in [0.25, 0.3) is 0 Å². The Kier molecular flexibility index (Phi) is 5.14. The monoisotopic (exact) mass is 389 g/mol. The highest BCUT2D eigenvalue weighted by Gasteiger charge is 2.35. The molecular weight excluding hydrogens is 379 g/mol. The van der Waals surface area contributed by atoms with E-state index >= 15 is 0 Å². The minimum atomic E-state index is -4.66. The lowest BCUT2D eigenvalue weighted by atomic mass is 10.2. The molecule has 0 aliphatic carbocycles. The molecule has 2 N–H and O–H groups in total. The van der Waals surface area contributed by atoms with Crippen LogP contribution in [0.2, 0.25) is 5.02 Å². The minimum Gasteiger partial charge on any atom is -0.338 e. The molecule has 0 bridgehead atoms. The first-order chi connectivity index (χ1) is 12.9. The molecule has 27 heavy (non-hydrogen) atoms. The molecule has 0 unspecified atom stereocenters. The van der Waals surface area contributed by atoms with Gasteiger partial charge in [0.2, 0.25) is 5.95 Å². The molecule has 1 heterocycles. The quantitative estimate of drug-likeness (QED) is 0.615. The summed E-state index contributed by atoms with van der Waals surface area (Å²) in [5.41, 5.74) is -0.0856. The van der Waals surface area contributed by atoms with Crippen molar-refractivity contribution in [1.82, 2.24) is 9.97 Å². The summed E-state index contributed by atoms with van der Waals surface area (Å²) in [5.74, 6) is -0.501. The van der Waals surface area contributed by atoms with E-state index in [4.69, 9.17) is 16.9 Å². The largest absolute Gasteiger partial charge is 0.421 e. The summed E-state index contributed by atoms with van der Waals surface area (Å²) in [4.78, 5) is 7.66. The Hall–Kier alpha value is -3.31. The zero-order valence-electron chi connectivity index (χ0n) is 13.5. The lowest BCUT2D eigenvalue weighted by Gasteiger charge is -2.15. The molecule has 0 fully saturated rings. The molecule has 0 radical (unpaired) electrons. The van der Waals surface area contributed by atoms with Gasteiger partial charge in [-0.2, -0.15) is 23.4 Å². The number of para-hydroxylation sites is 1. The van der Waals surface area contributed by atoms with Gasteiger partial charge in [-0.25, -0.2) is 4.98 Å². The number of benzene rings is 2. The molecule has 3 aromatic rings. The number of nitrogens with zero attached hydrogens (tertiary/aromatic N) is 3. The zero-order valence-corrected chi connectivity index (χ0v) is 14.3. The van der Waals surface area contributed by atoms with E-state index in [0.29, 0.717) is 16.9 Å². The number of anilines is 4. The second-order valence-electron chi connectivity index (χ2n) is 5.37. The maximum Gasteiger partial charge on any atom is 0.421 e. The molecule has 136 valence electrons. The van der Waals surface area contributed by atoms with Crippen molar-refractivity contribution >= 4 is 34.7 Å². The van der Waals surface area contributed by atoms with Gasteiger partial charge in [-0.15, -0.1) is 0 Å². The first-order valence-electron chi connectivity index (χ1n) is 7.60. The molecule has 5 nitrogen and oxygen atoms in total. The van der Waals surface area contributed by atoms with Crippen LogP contribution in [0.1, 0.15) is 11.1 Å². The summed E-state index contributed by atoms with van der Waals surface area (Å²) in [5, 5.41) is 15.0. The SMILES string of the molecule is N#Cc1ccccc1Nc1nc(Nc2ccc(Cl)cc2)ncc1C(F)(F)F. The van der Waals surface area contributed by atoms with E-state index in [9.17, 15) is 13.2 Å². The summed E-state index contributed by atoms with van der Waals surface area (Å²) in [6, 6.07) is 14.6. The summed E-state index contributed by atoms with van der Waals surface area (Å²) in [6.45, 7) is 0.